The largest absolute Gasteiger partial charge is 0.384 e. The summed E-state index contributed by atoms with van der Waals surface area (Å²) in [5.41, 5.74) is 3.69. The number of nitrogens with one attached hydrogen (secondary N) is 2. The molecule has 0 unspecified atom stereocenters. The number of H-pyrrole nitrogens is 1. The fourth-order valence-electron chi connectivity index (χ4n) is 5.06. The van der Waals surface area contributed by atoms with Crippen LogP contribution in [0.15, 0.2) is 72.9 Å². The first-order chi connectivity index (χ1) is 18.4. The maximum atomic E-state index is 13.4. The predicted molar refractivity (Wildman–Crippen MR) is 149 cm³/mol. The van der Waals surface area contributed by atoms with Crippen molar-refractivity contribution in [2.45, 2.75) is 38.3 Å². The molecule has 2 fully saturated rings. The third kappa shape index (κ3) is 5.73. The van der Waals surface area contributed by atoms with E-state index < -0.39 is 5.92 Å². The molecule has 0 spiro atoms. The highest BCUT2D eigenvalue weighted by Gasteiger charge is 2.33. The third-order valence-electron chi connectivity index (χ3n) is 7.19. The quantitative estimate of drug-likeness (QED) is 0.319. The van der Waals surface area contributed by atoms with Gasteiger partial charge in [0.05, 0.1) is 18.9 Å². The summed E-state index contributed by atoms with van der Waals surface area (Å²) in [4.78, 5) is 24.6. The van der Waals surface area contributed by atoms with E-state index in [1.54, 1.807) is 29.6 Å². The number of aromatic nitrogens is 1. The van der Waals surface area contributed by atoms with Crippen molar-refractivity contribution in [2.75, 3.05) is 62.7 Å². The smallest absolute Gasteiger partial charge is 0.250 e. The van der Waals surface area contributed by atoms with Crippen molar-refractivity contribution < 1.29 is 13.5 Å². The fourth-order valence-corrected chi connectivity index (χ4v) is 7.48. The van der Waals surface area contributed by atoms with Gasteiger partial charge in [0.15, 0.2) is 0 Å². The molecule has 3 aliphatic heterocycles. The Labute approximate surface area is 229 Å². The molecule has 6 rings (SSSR count). The minimum atomic E-state index is -2.51. The van der Waals surface area contributed by atoms with E-state index in [0.29, 0.717) is 26.3 Å². The topological polar surface area (TPSA) is 60.6 Å². The Morgan fingerprint density at radius 2 is 1.76 bits per heavy atom. The number of likely N-dealkylation sites (tertiary alicyclic amines) is 1. The number of fused-ring (bicyclic) bond motifs is 2. The van der Waals surface area contributed by atoms with Gasteiger partial charge in [-0.25, -0.2) is 8.78 Å². The first-order valence-electron chi connectivity index (χ1n) is 13.0. The number of morpholine rings is 1. The second-order valence-corrected chi connectivity index (χ2v) is 12.0. The Balaban J connectivity index is 1.16. The van der Waals surface area contributed by atoms with Gasteiger partial charge >= 0.3 is 0 Å². The van der Waals surface area contributed by atoms with Crippen molar-refractivity contribution in [1.82, 2.24) is 9.88 Å². The van der Waals surface area contributed by atoms with Crippen LogP contribution in [0.1, 0.15) is 12.8 Å². The molecule has 38 heavy (non-hydrogen) atoms. The van der Waals surface area contributed by atoms with Crippen LogP contribution >= 0.6 is 23.5 Å². The van der Waals surface area contributed by atoms with Gasteiger partial charge in [-0.1, -0.05) is 35.7 Å². The minimum Gasteiger partial charge on any atom is -0.384 e. The summed E-state index contributed by atoms with van der Waals surface area (Å²) in [6.07, 6.45) is -0.0982. The molecule has 0 saturated carbocycles. The van der Waals surface area contributed by atoms with Gasteiger partial charge in [-0.3, -0.25) is 4.79 Å². The Hall–Kier alpha value is -2.53. The zero-order chi connectivity index (χ0) is 26.1. The van der Waals surface area contributed by atoms with E-state index in [0.717, 1.165) is 58.6 Å². The van der Waals surface area contributed by atoms with E-state index in [9.17, 15) is 13.6 Å². The standard InChI is InChI=1S/C28H30F2N4O2S2/c29-28(30)6-9-33(10-7-28)11-8-31-19-4-5-23-25(16-19)37-24-3-1-2-21(27(24)38-23)22-17-20(18-26(35)32-22)34-12-14-36-15-13-34/h1-5,16-18,31H,6-15H2,(H,32,35). The van der Waals surface area contributed by atoms with E-state index in [2.05, 4.69) is 56.5 Å². The predicted octanol–water partition coefficient (Wildman–Crippen LogP) is 5.64. The number of piperidine rings is 1. The van der Waals surface area contributed by atoms with Crippen LogP contribution in [0.3, 0.4) is 0 Å². The van der Waals surface area contributed by atoms with Crippen LogP contribution in [0.25, 0.3) is 11.3 Å². The first-order valence-corrected chi connectivity index (χ1v) is 14.6. The summed E-state index contributed by atoms with van der Waals surface area (Å²) in [7, 11) is 0. The molecule has 0 atom stereocenters. The SMILES string of the molecule is O=c1cc(N2CCOCC2)cc(-c2cccc3c2Sc2ccc(NCCN4CCC(F)(F)CC4)cc2S3)[nH]1. The van der Waals surface area contributed by atoms with Crippen molar-refractivity contribution in [1.29, 1.82) is 0 Å². The number of alkyl halides is 2. The summed E-state index contributed by atoms with van der Waals surface area (Å²) in [5, 5.41) is 3.46. The van der Waals surface area contributed by atoms with Crippen LogP contribution < -0.4 is 15.8 Å². The number of ether oxygens (including phenoxy) is 1. The molecule has 2 saturated heterocycles. The second-order valence-electron chi connectivity index (χ2n) is 9.84. The highest BCUT2D eigenvalue weighted by Crippen LogP contribution is 2.52. The Bertz CT molecular complexity index is 1370. The van der Waals surface area contributed by atoms with Crippen LogP contribution in [0.2, 0.25) is 0 Å². The van der Waals surface area contributed by atoms with Gasteiger partial charge in [0.25, 0.3) is 5.92 Å². The molecule has 2 aromatic carbocycles. The van der Waals surface area contributed by atoms with E-state index in [1.807, 2.05) is 6.07 Å². The van der Waals surface area contributed by atoms with Gasteiger partial charge in [-0.15, -0.1) is 0 Å². The number of benzene rings is 2. The van der Waals surface area contributed by atoms with Crippen LogP contribution in [-0.4, -0.2) is 68.3 Å². The Kier molecular flexibility index (Phi) is 7.39. The number of pyridine rings is 1. The summed E-state index contributed by atoms with van der Waals surface area (Å²) in [6, 6.07) is 16.3. The lowest BCUT2D eigenvalue weighted by atomic mass is 10.1. The number of hydrogen-bond acceptors (Lipinski definition) is 7. The lowest BCUT2D eigenvalue weighted by molar-refractivity contribution is -0.0543. The van der Waals surface area contributed by atoms with Gasteiger partial charge in [-0.2, -0.15) is 0 Å². The molecule has 1 aromatic heterocycles. The highest BCUT2D eigenvalue weighted by molar-refractivity contribution is 8.05. The summed E-state index contributed by atoms with van der Waals surface area (Å²) < 4.78 is 32.3. The molecular weight excluding hydrogens is 526 g/mol. The van der Waals surface area contributed by atoms with Gasteiger partial charge in [0.1, 0.15) is 0 Å². The molecule has 3 aromatic rings. The molecule has 0 bridgehead atoms. The summed E-state index contributed by atoms with van der Waals surface area (Å²) in [6.45, 7) is 5.26. The van der Waals surface area contributed by atoms with Crippen molar-refractivity contribution in [2.24, 2.45) is 0 Å². The number of rotatable bonds is 6. The van der Waals surface area contributed by atoms with Gasteiger partial charge in [0.2, 0.25) is 5.56 Å². The highest BCUT2D eigenvalue weighted by atomic mass is 32.2. The number of aromatic amines is 1. The van der Waals surface area contributed by atoms with Crippen LogP contribution in [-0.2, 0) is 4.74 Å². The van der Waals surface area contributed by atoms with Crippen molar-refractivity contribution in [3.8, 4) is 11.3 Å². The third-order valence-corrected chi connectivity index (χ3v) is 9.79. The van der Waals surface area contributed by atoms with E-state index >= 15 is 0 Å². The Morgan fingerprint density at radius 1 is 0.947 bits per heavy atom. The van der Waals surface area contributed by atoms with E-state index in [-0.39, 0.29) is 18.4 Å². The molecule has 0 radical (unpaired) electrons. The van der Waals surface area contributed by atoms with Crippen LogP contribution in [0, 0.1) is 0 Å². The van der Waals surface area contributed by atoms with Crippen molar-refractivity contribution >= 4 is 34.9 Å². The monoisotopic (exact) mass is 556 g/mol. The summed E-state index contributed by atoms with van der Waals surface area (Å²) >= 11 is 3.45. The number of hydrogen-bond donors (Lipinski definition) is 2. The minimum absolute atomic E-state index is 0.0491. The van der Waals surface area contributed by atoms with Gasteiger partial charge < -0.3 is 24.8 Å². The maximum Gasteiger partial charge on any atom is 0.250 e. The molecule has 10 heteroatoms. The molecule has 200 valence electrons. The first kappa shape index (κ1) is 25.7. The van der Waals surface area contributed by atoms with E-state index in [1.165, 1.54) is 9.79 Å². The number of nitrogens with zero attached hydrogens (tertiary/aromatic N) is 2. The lowest BCUT2D eigenvalue weighted by Crippen LogP contribution is -2.41. The van der Waals surface area contributed by atoms with Crippen molar-refractivity contribution in [3.05, 3.63) is 58.9 Å². The molecule has 6 nitrogen and oxygen atoms in total. The molecule has 0 aliphatic carbocycles. The fraction of sp³-hybridized carbons (Fsp3) is 0.393. The molecule has 3 aliphatic rings. The van der Waals surface area contributed by atoms with Crippen LogP contribution in [0.4, 0.5) is 20.2 Å². The van der Waals surface area contributed by atoms with Crippen LogP contribution in [0.5, 0.6) is 0 Å². The average Bonchev–Trinajstić information content (AvgIpc) is 2.92. The second kappa shape index (κ2) is 10.9. The normalized spacial score (nSPS) is 19.1. The number of halogens is 2. The van der Waals surface area contributed by atoms with Gasteiger partial charge in [-0.05, 0) is 30.3 Å². The van der Waals surface area contributed by atoms with Crippen molar-refractivity contribution in [3.63, 3.8) is 0 Å². The summed E-state index contributed by atoms with van der Waals surface area (Å²) in [5.74, 6) is -2.51. The zero-order valence-electron chi connectivity index (χ0n) is 21.0. The molecular formula is C28H30F2N4O2S2. The zero-order valence-corrected chi connectivity index (χ0v) is 22.6. The lowest BCUT2D eigenvalue weighted by Gasteiger charge is -2.31. The average molecular weight is 557 g/mol. The number of anilines is 2. The molecule has 4 heterocycles. The maximum absolute atomic E-state index is 13.4. The molecule has 2 N–H and O–H groups in total. The Morgan fingerprint density at radius 3 is 2.58 bits per heavy atom. The van der Waals surface area contributed by atoms with Gasteiger partial charge in [0, 0.05) is 94.7 Å². The molecule has 0 amide bonds. The van der Waals surface area contributed by atoms with E-state index in [4.69, 9.17) is 4.74 Å².